The molecule has 0 aliphatic carbocycles. The van der Waals surface area contributed by atoms with Gasteiger partial charge in [0.1, 0.15) is 5.75 Å². The number of hydrogen-bond acceptors (Lipinski definition) is 2. The minimum Gasteiger partial charge on any atom is -0.434 e. The van der Waals surface area contributed by atoms with E-state index in [-0.39, 0.29) is 18.1 Å². The molecular formula is C20H20F2N2O2. The van der Waals surface area contributed by atoms with E-state index in [9.17, 15) is 13.6 Å². The van der Waals surface area contributed by atoms with E-state index in [2.05, 4.69) is 15.0 Å². The number of aromatic amines is 1. The summed E-state index contributed by atoms with van der Waals surface area (Å²) in [4.78, 5) is 15.7. The molecule has 6 heteroatoms. The van der Waals surface area contributed by atoms with E-state index < -0.39 is 12.7 Å². The normalized spacial score (nSPS) is 12.3. The van der Waals surface area contributed by atoms with Gasteiger partial charge in [-0.2, -0.15) is 8.78 Å². The van der Waals surface area contributed by atoms with Crippen LogP contribution in [-0.4, -0.2) is 17.5 Å². The lowest BCUT2D eigenvalue weighted by Crippen LogP contribution is -2.29. The SMILES string of the molecule is CCC(NC(=O)Cc1c[nH]c2ccccc12)c1ccccc1OC(F)F. The molecule has 3 aromatic rings. The molecule has 26 heavy (non-hydrogen) atoms. The van der Waals surface area contributed by atoms with Crippen LogP contribution in [0.5, 0.6) is 5.75 Å². The highest BCUT2D eigenvalue weighted by atomic mass is 19.3. The molecule has 1 atom stereocenters. The number of amides is 1. The number of ether oxygens (including phenoxy) is 1. The maximum atomic E-state index is 12.6. The van der Waals surface area contributed by atoms with Crippen molar-refractivity contribution < 1.29 is 18.3 Å². The van der Waals surface area contributed by atoms with Crippen LogP contribution in [0, 0.1) is 0 Å². The highest BCUT2D eigenvalue weighted by Crippen LogP contribution is 2.28. The Hall–Kier alpha value is -2.89. The summed E-state index contributed by atoms with van der Waals surface area (Å²) in [5.74, 6) is -0.0878. The van der Waals surface area contributed by atoms with E-state index in [1.165, 1.54) is 6.07 Å². The number of hydrogen-bond donors (Lipinski definition) is 2. The Morgan fingerprint density at radius 1 is 1.15 bits per heavy atom. The van der Waals surface area contributed by atoms with Crippen molar-refractivity contribution >= 4 is 16.8 Å². The Labute approximate surface area is 150 Å². The van der Waals surface area contributed by atoms with Crippen molar-refractivity contribution in [3.63, 3.8) is 0 Å². The molecule has 0 aliphatic rings. The van der Waals surface area contributed by atoms with Gasteiger partial charge in [0, 0.05) is 22.7 Å². The zero-order chi connectivity index (χ0) is 18.5. The zero-order valence-corrected chi connectivity index (χ0v) is 14.3. The molecule has 0 bridgehead atoms. The van der Waals surface area contributed by atoms with E-state index in [0.29, 0.717) is 12.0 Å². The Bertz CT molecular complexity index is 892. The molecule has 0 radical (unpaired) electrons. The lowest BCUT2D eigenvalue weighted by atomic mass is 10.0. The summed E-state index contributed by atoms with van der Waals surface area (Å²) in [6.45, 7) is -1.02. The van der Waals surface area contributed by atoms with Crippen LogP contribution in [0.15, 0.2) is 54.7 Å². The summed E-state index contributed by atoms with van der Waals surface area (Å²) >= 11 is 0. The summed E-state index contributed by atoms with van der Waals surface area (Å²) in [5, 5.41) is 3.92. The molecule has 2 N–H and O–H groups in total. The third-order valence-corrected chi connectivity index (χ3v) is 4.28. The predicted molar refractivity (Wildman–Crippen MR) is 96.3 cm³/mol. The van der Waals surface area contributed by atoms with Crippen LogP contribution < -0.4 is 10.1 Å². The van der Waals surface area contributed by atoms with Crippen LogP contribution in [0.1, 0.15) is 30.5 Å². The van der Waals surface area contributed by atoms with Crippen molar-refractivity contribution in [3.8, 4) is 5.75 Å². The fourth-order valence-corrected chi connectivity index (χ4v) is 3.07. The van der Waals surface area contributed by atoms with Crippen LogP contribution in [0.25, 0.3) is 10.9 Å². The monoisotopic (exact) mass is 358 g/mol. The molecule has 1 heterocycles. The first-order valence-corrected chi connectivity index (χ1v) is 8.46. The maximum absolute atomic E-state index is 12.6. The minimum absolute atomic E-state index is 0.0849. The lowest BCUT2D eigenvalue weighted by molar-refractivity contribution is -0.121. The third kappa shape index (κ3) is 4.02. The standard InChI is InChI=1S/C20H20F2N2O2/c1-2-16(15-8-4-6-10-18(15)26-20(21)22)24-19(25)11-13-12-23-17-9-5-3-7-14(13)17/h3-10,12,16,20,23H,2,11H2,1H3,(H,24,25). The van der Waals surface area contributed by atoms with E-state index >= 15 is 0 Å². The molecule has 3 rings (SSSR count). The Morgan fingerprint density at radius 2 is 1.88 bits per heavy atom. The van der Waals surface area contributed by atoms with Gasteiger partial charge in [0.25, 0.3) is 0 Å². The van der Waals surface area contributed by atoms with Crippen molar-refractivity contribution in [1.29, 1.82) is 0 Å². The predicted octanol–water partition coefficient (Wildman–Crippen LogP) is 4.58. The number of carbonyl (C=O) groups excluding carboxylic acids is 1. The minimum atomic E-state index is -2.91. The van der Waals surface area contributed by atoms with Gasteiger partial charge in [-0.1, -0.05) is 43.3 Å². The largest absolute Gasteiger partial charge is 0.434 e. The summed E-state index contributed by atoms with van der Waals surface area (Å²) in [6.07, 6.45) is 2.58. The van der Waals surface area contributed by atoms with Crippen molar-refractivity contribution in [2.75, 3.05) is 0 Å². The average molecular weight is 358 g/mol. The molecule has 136 valence electrons. The number of benzene rings is 2. The smallest absolute Gasteiger partial charge is 0.387 e. The summed E-state index contributed by atoms with van der Waals surface area (Å²) in [7, 11) is 0. The average Bonchev–Trinajstić information content (AvgIpc) is 3.03. The van der Waals surface area contributed by atoms with Gasteiger partial charge in [-0.25, -0.2) is 0 Å². The van der Waals surface area contributed by atoms with E-state index in [1.54, 1.807) is 18.2 Å². The van der Waals surface area contributed by atoms with E-state index in [1.807, 2.05) is 37.4 Å². The van der Waals surface area contributed by atoms with Crippen LogP contribution in [0.4, 0.5) is 8.78 Å². The topological polar surface area (TPSA) is 54.1 Å². The van der Waals surface area contributed by atoms with E-state index in [0.717, 1.165) is 16.5 Å². The fourth-order valence-electron chi connectivity index (χ4n) is 3.07. The molecule has 1 amide bonds. The first-order chi connectivity index (χ1) is 12.6. The number of rotatable bonds is 7. The second kappa shape index (κ2) is 7.99. The van der Waals surface area contributed by atoms with Crippen molar-refractivity contribution in [2.24, 2.45) is 0 Å². The molecular weight excluding hydrogens is 338 g/mol. The number of H-pyrrole nitrogens is 1. The summed E-state index contributed by atoms with van der Waals surface area (Å²) in [6, 6.07) is 13.9. The number of fused-ring (bicyclic) bond motifs is 1. The van der Waals surface area contributed by atoms with Gasteiger partial charge in [-0.05, 0) is 24.1 Å². The van der Waals surface area contributed by atoms with Gasteiger partial charge in [0.05, 0.1) is 12.5 Å². The van der Waals surface area contributed by atoms with Gasteiger partial charge >= 0.3 is 6.61 Å². The lowest BCUT2D eigenvalue weighted by Gasteiger charge is -2.20. The number of carbonyl (C=O) groups is 1. The summed E-state index contributed by atoms with van der Waals surface area (Å²) in [5.41, 5.74) is 2.41. The Balaban J connectivity index is 1.75. The van der Waals surface area contributed by atoms with Gasteiger partial charge in [0.15, 0.2) is 0 Å². The van der Waals surface area contributed by atoms with Crippen LogP contribution in [0.2, 0.25) is 0 Å². The maximum Gasteiger partial charge on any atom is 0.387 e. The van der Waals surface area contributed by atoms with E-state index in [4.69, 9.17) is 0 Å². The number of halogens is 2. The summed E-state index contributed by atoms with van der Waals surface area (Å²) < 4.78 is 29.8. The fraction of sp³-hybridized carbons (Fsp3) is 0.250. The van der Waals surface area contributed by atoms with Crippen LogP contribution in [-0.2, 0) is 11.2 Å². The molecule has 0 saturated heterocycles. The van der Waals surface area contributed by atoms with Crippen molar-refractivity contribution in [1.82, 2.24) is 10.3 Å². The quantitative estimate of drug-likeness (QED) is 0.650. The van der Waals surface area contributed by atoms with Crippen LogP contribution >= 0.6 is 0 Å². The van der Waals surface area contributed by atoms with Crippen molar-refractivity contribution in [3.05, 3.63) is 65.9 Å². The molecule has 0 spiro atoms. The zero-order valence-electron chi connectivity index (χ0n) is 14.3. The number of aromatic nitrogens is 1. The number of para-hydroxylation sites is 2. The molecule has 2 aromatic carbocycles. The van der Waals surface area contributed by atoms with Gasteiger partial charge in [-0.3, -0.25) is 4.79 Å². The molecule has 1 unspecified atom stereocenters. The molecule has 0 fully saturated rings. The van der Waals surface area contributed by atoms with Gasteiger partial charge in [0.2, 0.25) is 5.91 Å². The van der Waals surface area contributed by atoms with Gasteiger partial charge < -0.3 is 15.0 Å². The number of nitrogens with one attached hydrogen (secondary N) is 2. The van der Waals surface area contributed by atoms with Gasteiger partial charge in [-0.15, -0.1) is 0 Å². The molecule has 4 nitrogen and oxygen atoms in total. The second-order valence-corrected chi connectivity index (χ2v) is 5.98. The first kappa shape index (κ1) is 17.9. The van der Waals surface area contributed by atoms with Crippen LogP contribution in [0.3, 0.4) is 0 Å². The van der Waals surface area contributed by atoms with Crippen molar-refractivity contribution in [2.45, 2.75) is 32.4 Å². The first-order valence-electron chi connectivity index (χ1n) is 8.46. The molecule has 0 aliphatic heterocycles. The highest BCUT2D eigenvalue weighted by Gasteiger charge is 2.19. The number of alkyl halides is 2. The third-order valence-electron chi connectivity index (χ3n) is 4.28. The Kier molecular flexibility index (Phi) is 5.51. The highest BCUT2D eigenvalue weighted by molar-refractivity contribution is 5.89. The molecule has 0 saturated carbocycles. The Morgan fingerprint density at radius 3 is 2.65 bits per heavy atom. The molecule has 1 aromatic heterocycles. The second-order valence-electron chi connectivity index (χ2n) is 5.98.